The van der Waals surface area contributed by atoms with Gasteiger partial charge in [-0.2, -0.15) is 5.10 Å². The Morgan fingerprint density at radius 1 is 1.44 bits per heavy atom. The summed E-state index contributed by atoms with van der Waals surface area (Å²) in [4.78, 5) is 0. The van der Waals surface area contributed by atoms with Gasteiger partial charge in [-0.05, 0) is 27.0 Å². The summed E-state index contributed by atoms with van der Waals surface area (Å²) < 4.78 is 7.38. The molecular weight excluding hydrogens is 202 g/mol. The molecule has 4 nitrogen and oxygen atoms in total. The second-order valence-electron chi connectivity index (χ2n) is 4.03. The van der Waals surface area contributed by atoms with Crippen LogP contribution in [-0.4, -0.2) is 16.8 Å². The van der Waals surface area contributed by atoms with Gasteiger partial charge in [0.1, 0.15) is 17.2 Å². The molecule has 0 radical (unpaired) electrons. The Labute approximate surface area is 95.3 Å². The molecule has 2 rings (SSSR count). The molecule has 2 heterocycles. The van der Waals surface area contributed by atoms with Crippen molar-refractivity contribution in [1.82, 2.24) is 15.1 Å². The molecule has 0 amide bonds. The van der Waals surface area contributed by atoms with Crippen LogP contribution in [-0.2, 0) is 13.6 Å². The first kappa shape index (κ1) is 11.0. The van der Waals surface area contributed by atoms with E-state index in [9.17, 15) is 0 Å². The second kappa shape index (κ2) is 4.14. The molecule has 1 N–H and O–H groups in total. The Kier molecular flexibility index (Phi) is 2.83. The van der Waals surface area contributed by atoms with Gasteiger partial charge in [0, 0.05) is 30.9 Å². The van der Waals surface area contributed by atoms with Gasteiger partial charge in [0.25, 0.3) is 0 Å². The Hall–Kier alpha value is -1.55. The van der Waals surface area contributed by atoms with Crippen LogP contribution in [0.4, 0.5) is 0 Å². The minimum atomic E-state index is 0.812. The SMILES string of the molecule is CNCc1cn(C)nc1-c1cc(C)oc1C. The summed E-state index contributed by atoms with van der Waals surface area (Å²) in [6.45, 7) is 4.74. The number of aromatic nitrogens is 2. The maximum absolute atomic E-state index is 5.54. The van der Waals surface area contributed by atoms with E-state index >= 15 is 0 Å². The van der Waals surface area contributed by atoms with Crippen molar-refractivity contribution in [2.45, 2.75) is 20.4 Å². The van der Waals surface area contributed by atoms with Crippen molar-refractivity contribution in [2.24, 2.45) is 7.05 Å². The molecule has 2 aromatic heterocycles. The molecular formula is C12H17N3O. The molecule has 0 fully saturated rings. The average molecular weight is 219 g/mol. The molecule has 0 unspecified atom stereocenters. The van der Waals surface area contributed by atoms with Gasteiger partial charge in [-0.3, -0.25) is 4.68 Å². The van der Waals surface area contributed by atoms with Crippen molar-refractivity contribution in [3.8, 4) is 11.3 Å². The lowest BCUT2D eigenvalue weighted by atomic mass is 10.1. The zero-order valence-electron chi connectivity index (χ0n) is 10.2. The van der Waals surface area contributed by atoms with Crippen LogP contribution in [0.15, 0.2) is 16.7 Å². The molecule has 0 aromatic carbocycles. The summed E-state index contributed by atoms with van der Waals surface area (Å²) >= 11 is 0. The van der Waals surface area contributed by atoms with Gasteiger partial charge in [-0.15, -0.1) is 0 Å². The molecule has 0 aliphatic rings. The monoisotopic (exact) mass is 219 g/mol. The smallest absolute Gasteiger partial charge is 0.110 e. The number of hydrogen-bond acceptors (Lipinski definition) is 3. The van der Waals surface area contributed by atoms with Crippen LogP contribution >= 0.6 is 0 Å². The van der Waals surface area contributed by atoms with Crippen molar-refractivity contribution in [2.75, 3.05) is 7.05 Å². The highest BCUT2D eigenvalue weighted by molar-refractivity contribution is 5.65. The average Bonchev–Trinajstić information content (AvgIpc) is 2.70. The first-order valence-corrected chi connectivity index (χ1v) is 5.36. The number of aryl methyl sites for hydroxylation is 3. The van der Waals surface area contributed by atoms with Crippen molar-refractivity contribution >= 4 is 0 Å². The lowest BCUT2D eigenvalue weighted by Gasteiger charge is -1.99. The number of rotatable bonds is 3. The number of nitrogens with zero attached hydrogens (tertiary/aromatic N) is 2. The van der Waals surface area contributed by atoms with Crippen LogP contribution in [0.5, 0.6) is 0 Å². The molecule has 0 saturated heterocycles. The largest absolute Gasteiger partial charge is 0.466 e. The molecule has 0 atom stereocenters. The highest BCUT2D eigenvalue weighted by Gasteiger charge is 2.14. The zero-order valence-corrected chi connectivity index (χ0v) is 10.2. The van der Waals surface area contributed by atoms with E-state index in [0.717, 1.165) is 29.3 Å². The fraction of sp³-hybridized carbons (Fsp3) is 0.417. The normalized spacial score (nSPS) is 11.0. The van der Waals surface area contributed by atoms with Crippen molar-refractivity contribution in [3.05, 3.63) is 29.3 Å². The summed E-state index contributed by atoms with van der Waals surface area (Å²) in [5, 5.41) is 7.64. The van der Waals surface area contributed by atoms with Crippen LogP contribution < -0.4 is 5.32 Å². The summed E-state index contributed by atoms with van der Waals surface area (Å²) in [6.07, 6.45) is 2.04. The van der Waals surface area contributed by atoms with E-state index in [1.165, 1.54) is 5.56 Å². The maximum atomic E-state index is 5.54. The Balaban J connectivity index is 2.50. The summed E-state index contributed by atoms with van der Waals surface area (Å²) in [7, 11) is 3.87. The number of furan rings is 1. The third-order valence-corrected chi connectivity index (χ3v) is 2.57. The standard InChI is InChI=1S/C12H17N3O/c1-8-5-11(9(2)16-8)12-10(6-13-3)7-15(4)14-12/h5,7,13H,6H2,1-4H3. The number of nitrogens with one attached hydrogen (secondary N) is 1. The fourth-order valence-corrected chi connectivity index (χ4v) is 1.95. The molecule has 0 spiro atoms. The summed E-state index contributed by atoms with van der Waals surface area (Å²) in [6, 6.07) is 2.04. The van der Waals surface area contributed by atoms with Crippen LogP contribution in [0.25, 0.3) is 11.3 Å². The summed E-state index contributed by atoms with van der Waals surface area (Å²) in [5.74, 6) is 1.85. The quantitative estimate of drug-likeness (QED) is 0.858. The molecule has 0 aliphatic carbocycles. The summed E-state index contributed by atoms with van der Waals surface area (Å²) in [5.41, 5.74) is 3.28. The molecule has 0 aliphatic heterocycles. The van der Waals surface area contributed by atoms with Crippen LogP contribution in [0.2, 0.25) is 0 Å². The predicted octanol–water partition coefficient (Wildman–Crippen LogP) is 2.02. The Morgan fingerprint density at radius 2 is 2.19 bits per heavy atom. The molecule has 2 aromatic rings. The van der Waals surface area contributed by atoms with Gasteiger partial charge >= 0.3 is 0 Å². The fourth-order valence-electron chi connectivity index (χ4n) is 1.95. The minimum absolute atomic E-state index is 0.812. The predicted molar refractivity (Wildman–Crippen MR) is 63.1 cm³/mol. The lowest BCUT2D eigenvalue weighted by molar-refractivity contribution is 0.505. The third-order valence-electron chi connectivity index (χ3n) is 2.57. The van der Waals surface area contributed by atoms with Crippen LogP contribution in [0, 0.1) is 13.8 Å². The van der Waals surface area contributed by atoms with Gasteiger partial charge in [0.2, 0.25) is 0 Å². The van der Waals surface area contributed by atoms with Gasteiger partial charge in [-0.1, -0.05) is 0 Å². The first-order chi connectivity index (χ1) is 7.61. The van der Waals surface area contributed by atoms with Crippen LogP contribution in [0.1, 0.15) is 17.1 Å². The van der Waals surface area contributed by atoms with Gasteiger partial charge in [-0.25, -0.2) is 0 Å². The van der Waals surface area contributed by atoms with Crippen molar-refractivity contribution < 1.29 is 4.42 Å². The number of hydrogen-bond donors (Lipinski definition) is 1. The van der Waals surface area contributed by atoms with Crippen LogP contribution in [0.3, 0.4) is 0 Å². The van der Waals surface area contributed by atoms with E-state index < -0.39 is 0 Å². The van der Waals surface area contributed by atoms with Gasteiger partial charge < -0.3 is 9.73 Å². The van der Waals surface area contributed by atoms with E-state index in [0.29, 0.717) is 0 Å². The Bertz CT molecular complexity index is 496. The van der Waals surface area contributed by atoms with E-state index in [-0.39, 0.29) is 0 Å². The van der Waals surface area contributed by atoms with E-state index in [2.05, 4.69) is 10.4 Å². The molecule has 0 saturated carbocycles. The lowest BCUT2D eigenvalue weighted by Crippen LogP contribution is -2.05. The Morgan fingerprint density at radius 3 is 2.75 bits per heavy atom. The van der Waals surface area contributed by atoms with Gasteiger partial charge in [0.15, 0.2) is 0 Å². The molecule has 16 heavy (non-hydrogen) atoms. The van der Waals surface area contributed by atoms with E-state index in [1.54, 1.807) is 0 Å². The topological polar surface area (TPSA) is 43.0 Å². The van der Waals surface area contributed by atoms with E-state index in [4.69, 9.17) is 4.42 Å². The van der Waals surface area contributed by atoms with Crippen molar-refractivity contribution in [1.29, 1.82) is 0 Å². The third kappa shape index (κ3) is 1.88. The van der Waals surface area contributed by atoms with E-state index in [1.807, 2.05) is 44.9 Å². The minimum Gasteiger partial charge on any atom is -0.466 e. The first-order valence-electron chi connectivity index (χ1n) is 5.36. The highest BCUT2D eigenvalue weighted by Crippen LogP contribution is 2.27. The molecule has 86 valence electrons. The maximum Gasteiger partial charge on any atom is 0.110 e. The zero-order chi connectivity index (χ0) is 11.7. The highest BCUT2D eigenvalue weighted by atomic mass is 16.3. The molecule has 0 bridgehead atoms. The second-order valence-corrected chi connectivity index (χ2v) is 4.03. The van der Waals surface area contributed by atoms with Gasteiger partial charge in [0.05, 0.1) is 0 Å². The molecule has 4 heteroatoms. The van der Waals surface area contributed by atoms with Crippen molar-refractivity contribution in [3.63, 3.8) is 0 Å².